The number of hydrogen-bond acceptors (Lipinski definition) is 4. The van der Waals surface area contributed by atoms with E-state index in [1.807, 2.05) is 0 Å². The summed E-state index contributed by atoms with van der Waals surface area (Å²) >= 11 is 0. The zero-order chi connectivity index (χ0) is 14.8. The largest absolute Gasteiger partial charge is 0.497 e. The molecular formula is C13H17N3O4. The molecule has 0 aliphatic carbocycles. The van der Waals surface area contributed by atoms with E-state index < -0.39 is 11.5 Å². The van der Waals surface area contributed by atoms with Crippen molar-refractivity contribution in [3.05, 3.63) is 24.3 Å². The Bertz CT molecular complexity index is 517. The Kier molecular flexibility index (Phi) is 3.80. The van der Waals surface area contributed by atoms with Crippen molar-refractivity contribution >= 4 is 17.7 Å². The van der Waals surface area contributed by atoms with Crippen LogP contribution >= 0.6 is 0 Å². The maximum absolute atomic E-state index is 12.0. The topological polar surface area (TPSA) is 105 Å². The number of urea groups is 1. The Balaban J connectivity index is 1.97. The van der Waals surface area contributed by atoms with Crippen molar-refractivity contribution < 1.29 is 19.4 Å². The number of amides is 2. The number of carbonyl (C=O) groups is 2. The molecule has 2 amide bonds. The number of nitrogens with two attached hydrogens (primary N) is 1. The molecule has 0 bridgehead atoms. The number of carboxylic acid groups (broad SMARTS) is 1. The minimum absolute atomic E-state index is 0.00429. The average Bonchev–Trinajstić information content (AvgIpc) is 2.84. The van der Waals surface area contributed by atoms with E-state index in [2.05, 4.69) is 5.32 Å². The van der Waals surface area contributed by atoms with E-state index >= 15 is 0 Å². The predicted molar refractivity (Wildman–Crippen MR) is 72.8 cm³/mol. The first-order valence-corrected chi connectivity index (χ1v) is 6.17. The average molecular weight is 279 g/mol. The fourth-order valence-electron chi connectivity index (χ4n) is 2.06. The van der Waals surface area contributed by atoms with E-state index in [1.165, 1.54) is 4.90 Å². The minimum Gasteiger partial charge on any atom is -0.497 e. The summed E-state index contributed by atoms with van der Waals surface area (Å²) in [5, 5.41) is 11.7. The number of rotatable bonds is 3. The third-order valence-electron chi connectivity index (χ3n) is 3.36. The smallest absolute Gasteiger partial charge is 0.325 e. The number of hydrogen-bond donors (Lipinski definition) is 3. The number of aliphatic carboxylic acids is 1. The van der Waals surface area contributed by atoms with Gasteiger partial charge in [-0.3, -0.25) is 4.79 Å². The van der Waals surface area contributed by atoms with Crippen LogP contribution in [0.2, 0.25) is 0 Å². The summed E-state index contributed by atoms with van der Waals surface area (Å²) in [4.78, 5) is 24.4. The number of carbonyl (C=O) groups excluding carboxylic acids is 1. The molecule has 0 aromatic heterocycles. The Morgan fingerprint density at radius 2 is 2.05 bits per heavy atom. The van der Waals surface area contributed by atoms with Gasteiger partial charge in [-0.05, 0) is 30.7 Å². The van der Waals surface area contributed by atoms with Crippen molar-refractivity contribution in [2.75, 3.05) is 25.5 Å². The zero-order valence-electron chi connectivity index (χ0n) is 11.1. The molecule has 0 saturated carbocycles. The van der Waals surface area contributed by atoms with E-state index in [1.54, 1.807) is 31.4 Å². The highest BCUT2D eigenvalue weighted by Gasteiger charge is 2.42. The third kappa shape index (κ3) is 2.83. The van der Waals surface area contributed by atoms with E-state index in [0.717, 1.165) is 0 Å². The van der Waals surface area contributed by atoms with Crippen LogP contribution in [0, 0.1) is 0 Å². The molecule has 1 heterocycles. The van der Waals surface area contributed by atoms with Gasteiger partial charge in [0.1, 0.15) is 11.3 Å². The second-order valence-electron chi connectivity index (χ2n) is 4.79. The normalized spacial score (nSPS) is 21.6. The molecule has 7 heteroatoms. The molecule has 1 aliphatic heterocycles. The maximum atomic E-state index is 12.0. The van der Waals surface area contributed by atoms with Crippen LogP contribution in [0.5, 0.6) is 5.75 Å². The Morgan fingerprint density at radius 1 is 1.40 bits per heavy atom. The van der Waals surface area contributed by atoms with E-state index in [0.29, 0.717) is 18.0 Å². The van der Waals surface area contributed by atoms with Crippen LogP contribution < -0.4 is 15.8 Å². The summed E-state index contributed by atoms with van der Waals surface area (Å²) < 4.78 is 5.02. The number of nitrogens with zero attached hydrogens (tertiary/aromatic N) is 1. The summed E-state index contributed by atoms with van der Waals surface area (Å²) in [5.74, 6) is -0.395. The molecule has 1 saturated heterocycles. The van der Waals surface area contributed by atoms with Gasteiger partial charge in [-0.25, -0.2) is 4.79 Å². The monoisotopic (exact) mass is 279 g/mol. The molecule has 1 atom stereocenters. The molecule has 1 fully saturated rings. The molecular weight excluding hydrogens is 262 g/mol. The van der Waals surface area contributed by atoms with Gasteiger partial charge in [0.15, 0.2) is 0 Å². The van der Waals surface area contributed by atoms with Crippen LogP contribution in [-0.2, 0) is 4.79 Å². The van der Waals surface area contributed by atoms with Gasteiger partial charge in [0, 0.05) is 12.2 Å². The van der Waals surface area contributed by atoms with Crippen molar-refractivity contribution in [3.63, 3.8) is 0 Å². The molecule has 20 heavy (non-hydrogen) atoms. The van der Waals surface area contributed by atoms with Crippen LogP contribution in [0.1, 0.15) is 6.42 Å². The number of likely N-dealkylation sites (tertiary alicyclic amines) is 1. The van der Waals surface area contributed by atoms with Crippen LogP contribution in [0.3, 0.4) is 0 Å². The number of benzene rings is 1. The lowest BCUT2D eigenvalue weighted by Crippen LogP contribution is -2.51. The second-order valence-corrected chi connectivity index (χ2v) is 4.79. The Morgan fingerprint density at radius 3 is 2.55 bits per heavy atom. The van der Waals surface area contributed by atoms with Crippen LogP contribution in [0.4, 0.5) is 10.5 Å². The van der Waals surface area contributed by atoms with Crippen molar-refractivity contribution in [3.8, 4) is 5.75 Å². The van der Waals surface area contributed by atoms with E-state index in [9.17, 15) is 9.59 Å². The number of ether oxygens (including phenoxy) is 1. The van der Waals surface area contributed by atoms with Crippen LogP contribution in [-0.4, -0.2) is 47.7 Å². The number of nitrogens with one attached hydrogen (secondary N) is 1. The first-order chi connectivity index (χ1) is 9.44. The van der Waals surface area contributed by atoms with Gasteiger partial charge in [-0.15, -0.1) is 0 Å². The van der Waals surface area contributed by atoms with E-state index in [-0.39, 0.29) is 19.0 Å². The lowest BCUT2D eigenvalue weighted by Gasteiger charge is -2.20. The molecule has 108 valence electrons. The summed E-state index contributed by atoms with van der Waals surface area (Å²) in [7, 11) is 1.56. The van der Waals surface area contributed by atoms with Gasteiger partial charge in [-0.2, -0.15) is 0 Å². The summed E-state index contributed by atoms with van der Waals surface area (Å²) in [6.07, 6.45) is 0.248. The van der Waals surface area contributed by atoms with Gasteiger partial charge < -0.3 is 25.8 Å². The summed E-state index contributed by atoms with van der Waals surface area (Å²) in [5.41, 5.74) is 4.99. The van der Waals surface area contributed by atoms with E-state index in [4.69, 9.17) is 15.6 Å². The Hall–Kier alpha value is -2.28. The Labute approximate surface area is 116 Å². The van der Waals surface area contributed by atoms with Crippen LogP contribution in [0.15, 0.2) is 24.3 Å². The second kappa shape index (κ2) is 5.38. The molecule has 7 nitrogen and oxygen atoms in total. The molecule has 0 spiro atoms. The number of methoxy groups -OCH3 is 1. The highest BCUT2D eigenvalue weighted by Crippen LogP contribution is 2.21. The van der Waals surface area contributed by atoms with Gasteiger partial charge in [0.05, 0.1) is 13.7 Å². The zero-order valence-corrected chi connectivity index (χ0v) is 11.1. The van der Waals surface area contributed by atoms with Gasteiger partial charge >= 0.3 is 12.0 Å². The van der Waals surface area contributed by atoms with Gasteiger partial charge in [-0.1, -0.05) is 0 Å². The molecule has 1 aliphatic rings. The highest BCUT2D eigenvalue weighted by atomic mass is 16.5. The van der Waals surface area contributed by atoms with Gasteiger partial charge in [0.2, 0.25) is 0 Å². The van der Waals surface area contributed by atoms with Crippen molar-refractivity contribution in [1.29, 1.82) is 0 Å². The number of anilines is 1. The van der Waals surface area contributed by atoms with Crippen molar-refractivity contribution in [1.82, 2.24) is 4.90 Å². The highest BCUT2D eigenvalue weighted by molar-refractivity contribution is 5.91. The molecule has 2 rings (SSSR count). The third-order valence-corrected chi connectivity index (χ3v) is 3.36. The predicted octanol–water partition coefficient (Wildman–Crippen LogP) is 0.715. The fraction of sp³-hybridized carbons (Fsp3) is 0.385. The van der Waals surface area contributed by atoms with Gasteiger partial charge in [0.25, 0.3) is 0 Å². The number of carboxylic acids is 1. The molecule has 1 unspecified atom stereocenters. The standard InChI is InChI=1S/C13H17N3O4/c1-20-10-4-2-9(3-5-10)15-12(19)16-7-6-13(14,8-16)11(17)18/h2-5H,6-8,14H2,1H3,(H,15,19)(H,17,18). The molecule has 1 aromatic rings. The first kappa shape index (κ1) is 14.1. The van der Waals surface area contributed by atoms with Crippen LogP contribution in [0.25, 0.3) is 0 Å². The van der Waals surface area contributed by atoms with Crippen molar-refractivity contribution in [2.45, 2.75) is 12.0 Å². The fourth-order valence-corrected chi connectivity index (χ4v) is 2.06. The first-order valence-electron chi connectivity index (χ1n) is 6.17. The molecule has 1 aromatic carbocycles. The quantitative estimate of drug-likeness (QED) is 0.756. The lowest BCUT2D eigenvalue weighted by molar-refractivity contribution is -0.142. The molecule has 0 radical (unpaired) electrons. The SMILES string of the molecule is COc1ccc(NC(=O)N2CCC(N)(C(=O)O)C2)cc1. The summed E-state index contributed by atoms with van der Waals surface area (Å²) in [6, 6.07) is 6.51. The lowest BCUT2D eigenvalue weighted by atomic mass is 10.0. The molecule has 4 N–H and O–H groups in total. The minimum atomic E-state index is -1.35. The van der Waals surface area contributed by atoms with Crippen molar-refractivity contribution in [2.24, 2.45) is 5.73 Å². The summed E-state index contributed by atoms with van der Waals surface area (Å²) in [6.45, 7) is 0.328. The maximum Gasteiger partial charge on any atom is 0.325 e.